The first-order valence-electron chi connectivity index (χ1n) is 6.50. The summed E-state index contributed by atoms with van der Waals surface area (Å²) in [6.07, 6.45) is 0. The highest BCUT2D eigenvalue weighted by molar-refractivity contribution is 5.38. The molecule has 0 aliphatic rings. The number of aliphatic hydroxyl groups excluding tert-OH is 1. The van der Waals surface area contributed by atoms with Crippen LogP contribution >= 0.6 is 0 Å². The van der Waals surface area contributed by atoms with Crippen LogP contribution in [0.25, 0.3) is 0 Å². The lowest BCUT2D eigenvalue weighted by Gasteiger charge is -2.21. The molecule has 5 heteroatoms. The van der Waals surface area contributed by atoms with Crippen molar-refractivity contribution in [3.63, 3.8) is 0 Å². The van der Waals surface area contributed by atoms with Gasteiger partial charge in [0.05, 0.1) is 19.8 Å². The Hall–Kier alpha value is -1.45. The third kappa shape index (κ3) is 6.13. The Morgan fingerprint density at radius 3 is 2.80 bits per heavy atom. The van der Waals surface area contributed by atoms with Crippen LogP contribution in [0.3, 0.4) is 0 Å². The minimum absolute atomic E-state index is 0.0544. The Morgan fingerprint density at radius 2 is 2.15 bits per heavy atom. The number of halogens is 1. The van der Waals surface area contributed by atoms with E-state index in [9.17, 15) is 4.39 Å². The van der Waals surface area contributed by atoms with Crippen LogP contribution in [0.4, 0.5) is 4.39 Å². The number of nitrogens with two attached hydrogens (primary N) is 1. The maximum absolute atomic E-state index is 13.6. The largest absolute Gasteiger partial charge is 0.395 e. The Kier molecular flexibility index (Phi) is 7.85. The van der Waals surface area contributed by atoms with Crippen LogP contribution in [0.2, 0.25) is 0 Å². The van der Waals surface area contributed by atoms with Gasteiger partial charge in [0.2, 0.25) is 0 Å². The number of rotatable bonds is 7. The van der Waals surface area contributed by atoms with Gasteiger partial charge in [0, 0.05) is 32.3 Å². The van der Waals surface area contributed by atoms with Gasteiger partial charge in [-0.3, -0.25) is 4.90 Å². The van der Waals surface area contributed by atoms with E-state index < -0.39 is 0 Å². The van der Waals surface area contributed by atoms with E-state index in [0.717, 1.165) is 5.56 Å². The molecule has 1 aromatic carbocycles. The van der Waals surface area contributed by atoms with Crippen molar-refractivity contribution in [2.24, 2.45) is 5.73 Å². The van der Waals surface area contributed by atoms with E-state index in [2.05, 4.69) is 11.8 Å². The highest BCUT2D eigenvalue weighted by Crippen LogP contribution is 2.11. The fourth-order valence-electron chi connectivity index (χ4n) is 1.86. The molecule has 0 fully saturated rings. The summed E-state index contributed by atoms with van der Waals surface area (Å²) in [5.74, 6) is 5.22. The molecule has 0 unspecified atom stereocenters. The van der Waals surface area contributed by atoms with Gasteiger partial charge in [-0.05, 0) is 23.8 Å². The van der Waals surface area contributed by atoms with Crippen molar-refractivity contribution < 1.29 is 14.2 Å². The summed E-state index contributed by atoms with van der Waals surface area (Å²) in [7, 11) is 1.62. The van der Waals surface area contributed by atoms with Crippen LogP contribution in [0.5, 0.6) is 0 Å². The van der Waals surface area contributed by atoms with Gasteiger partial charge in [-0.25, -0.2) is 4.39 Å². The van der Waals surface area contributed by atoms with Crippen LogP contribution in [0.1, 0.15) is 11.1 Å². The Balaban J connectivity index is 2.80. The van der Waals surface area contributed by atoms with E-state index in [1.165, 1.54) is 12.1 Å². The molecule has 20 heavy (non-hydrogen) atoms. The van der Waals surface area contributed by atoms with Crippen molar-refractivity contribution in [2.45, 2.75) is 6.54 Å². The van der Waals surface area contributed by atoms with Gasteiger partial charge in [-0.15, -0.1) is 0 Å². The second-order valence-electron chi connectivity index (χ2n) is 4.35. The van der Waals surface area contributed by atoms with Gasteiger partial charge in [0.15, 0.2) is 0 Å². The second kappa shape index (κ2) is 9.45. The van der Waals surface area contributed by atoms with Crippen LogP contribution in [0.15, 0.2) is 18.2 Å². The summed E-state index contributed by atoms with van der Waals surface area (Å²) in [6, 6.07) is 4.70. The lowest BCUT2D eigenvalue weighted by molar-refractivity contribution is 0.127. The second-order valence-corrected chi connectivity index (χ2v) is 4.35. The molecule has 1 aromatic rings. The fraction of sp³-hybridized carbons (Fsp3) is 0.467. The van der Waals surface area contributed by atoms with E-state index in [1.807, 2.05) is 11.0 Å². The van der Waals surface area contributed by atoms with E-state index in [1.54, 1.807) is 7.11 Å². The summed E-state index contributed by atoms with van der Waals surface area (Å²) < 4.78 is 18.6. The molecule has 0 atom stereocenters. The first-order valence-corrected chi connectivity index (χ1v) is 6.50. The molecule has 1 rings (SSSR count). The van der Waals surface area contributed by atoms with Crippen molar-refractivity contribution in [2.75, 3.05) is 40.0 Å². The van der Waals surface area contributed by atoms with E-state index in [-0.39, 0.29) is 19.0 Å². The lowest BCUT2D eigenvalue weighted by atomic mass is 10.1. The minimum Gasteiger partial charge on any atom is -0.395 e. The molecule has 4 nitrogen and oxygen atoms in total. The zero-order chi connectivity index (χ0) is 14.8. The summed E-state index contributed by atoms with van der Waals surface area (Å²) in [5.41, 5.74) is 6.74. The summed E-state index contributed by atoms with van der Waals surface area (Å²) in [4.78, 5) is 2.00. The molecule has 110 valence electrons. The zero-order valence-corrected chi connectivity index (χ0v) is 11.7. The standard InChI is InChI=1S/C15H21FN2O2/c1-20-8-6-18(5-7-19)12-14-9-13(3-2-4-17)10-15(16)11-14/h9-11,19H,4-8,12,17H2,1H3. The molecular formula is C15H21FN2O2. The number of hydrogen-bond donors (Lipinski definition) is 2. The van der Waals surface area contributed by atoms with Gasteiger partial charge in [0.1, 0.15) is 5.82 Å². The normalized spacial score (nSPS) is 10.4. The molecule has 0 aliphatic heterocycles. The number of aliphatic hydroxyl groups is 1. The number of nitrogens with zero attached hydrogens (tertiary/aromatic N) is 1. The minimum atomic E-state index is -0.320. The van der Waals surface area contributed by atoms with Crippen molar-refractivity contribution >= 4 is 0 Å². The molecule has 3 N–H and O–H groups in total. The van der Waals surface area contributed by atoms with Crippen molar-refractivity contribution in [1.29, 1.82) is 0 Å². The van der Waals surface area contributed by atoms with E-state index >= 15 is 0 Å². The molecule has 0 aliphatic carbocycles. The van der Waals surface area contributed by atoms with Gasteiger partial charge in [0.25, 0.3) is 0 Å². The number of methoxy groups -OCH3 is 1. The molecule has 0 radical (unpaired) electrons. The summed E-state index contributed by atoms with van der Waals surface area (Å²) in [5, 5.41) is 9.05. The molecule has 0 spiro atoms. The maximum Gasteiger partial charge on any atom is 0.124 e. The molecule has 0 amide bonds. The van der Waals surface area contributed by atoms with Crippen LogP contribution in [0, 0.1) is 17.7 Å². The van der Waals surface area contributed by atoms with Gasteiger partial charge in [-0.2, -0.15) is 0 Å². The number of benzene rings is 1. The molecule has 0 bridgehead atoms. The summed E-state index contributed by atoms with van der Waals surface area (Å²) >= 11 is 0. The van der Waals surface area contributed by atoms with Gasteiger partial charge in [-0.1, -0.05) is 11.8 Å². The van der Waals surface area contributed by atoms with Gasteiger partial charge >= 0.3 is 0 Å². The third-order valence-corrected chi connectivity index (χ3v) is 2.73. The lowest BCUT2D eigenvalue weighted by Crippen LogP contribution is -2.29. The van der Waals surface area contributed by atoms with Crippen molar-refractivity contribution in [1.82, 2.24) is 4.90 Å². The average molecular weight is 280 g/mol. The quantitative estimate of drug-likeness (QED) is 0.717. The average Bonchev–Trinajstić information content (AvgIpc) is 2.42. The fourth-order valence-corrected chi connectivity index (χ4v) is 1.86. The zero-order valence-electron chi connectivity index (χ0n) is 11.7. The predicted octanol–water partition coefficient (Wildman–Crippen LogP) is 0.577. The van der Waals surface area contributed by atoms with Crippen LogP contribution in [-0.4, -0.2) is 50.0 Å². The Bertz CT molecular complexity index is 469. The van der Waals surface area contributed by atoms with Crippen molar-refractivity contribution in [3.05, 3.63) is 35.1 Å². The Morgan fingerprint density at radius 1 is 1.35 bits per heavy atom. The topological polar surface area (TPSA) is 58.7 Å². The molecule has 0 heterocycles. The first-order chi connectivity index (χ1) is 9.69. The first kappa shape index (κ1) is 16.6. The summed E-state index contributed by atoms with van der Waals surface area (Å²) in [6.45, 7) is 2.60. The number of hydrogen-bond acceptors (Lipinski definition) is 4. The van der Waals surface area contributed by atoms with Gasteiger partial charge < -0.3 is 15.6 Å². The van der Waals surface area contributed by atoms with Crippen LogP contribution in [-0.2, 0) is 11.3 Å². The van der Waals surface area contributed by atoms with Crippen LogP contribution < -0.4 is 5.73 Å². The molecule has 0 saturated heterocycles. The molecule has 0 aromatic heterocycles. The van der Waals surface area contributed by atoms with E-state index in [0.29, 0.717) is 31.8 Å². The maximum atomic E-state index is 13.6. The smallest absolute Gasteiger partial charge is 0.124 e. The SMILES string of the molecule is COCCN(CCO)Cc1cc(F)cc(C#CCN)c1. The Labute approximate surface area is 119 Å². The highest BCUT2D eigenvalue weighted by atomic mass is 19.1. The predicted molar refractivity (Wildman–Crippen MR) is 76.6 cm³/mol. The molecular weight excluding hydrogens is 259 g/mol. The van der Waals surface area contributed by atoms with Crippen molar-refractivity contribution in [3.8, 4) is 11.8 Å². The number of ether oxygens (including phenoxy) is 1. The highest BCUT2D eigenvalue weighted by Gasteiger charge is 2.07. The third-order valence-electron chi connectivity index (χ3n) is 2.73. The monoisotopic (exact) mass is 280 g/mol. The van der Waals surface area contributed by atoms with E-state index in [4.69, 9.17) is 15.6 Å². The molecule has 0 saturated carbocycles.